The molecule has 1 saturated heterocycles. The number of aromatic nitrogens is 3. The Balaban J connectivity index is 1.83. The van der Waals surface area contributed by atoms with Gasteiger partial charge in [-0.05, 0) is 44.1 Å². The number of hydrogen-bond donors (Lipinski definition) is 2. The van der Waals surface area contributed by atoms with Crippen LogP contribution in [0, 0.1) is 0 Å². The molecule has 0 bridgehead atoms. The van der Waals surface area contributed by atoms with Gasteiger partial charge >= 0.3 is 0 Å². The highest BCUT2D eigenvalue weighted by Crippen LogP contribution is 2.19. The van der Waals surface area contributed by atoms with Gasteiger partial charge < -0.3 is 11.1 Å². The first-order chi connectivity index (χ1) is 9.75. The first-order valence-electron chi connectivity index (χ1n) is 6.77. The predicted octanol–water partition coefficient (Wildman–Crippen LogP) is 1.02. The monoisotopic (exact) mass is 271 g/mol. The Morgan fingerprint density at radius 3 is 2.90 bits per heavy atom. The molecule has 1 fully saturated rings. The van der Waals surface area contributed by atoms with Crippen molar-refractivity contribution in [2.75, 3.05) is 18.8 Å². The Kier molecular flexibility index (Phi) is 3.47. The lowest BCUT2D eigenvalue weighted by molar-refractivity contribution is 0.103. The van der Waals surface area contributed by atoms with E-state index in [0.29, 0.717) is 17.3 Å². The first kappa shape index (κ1) is 12.8. The molecule has 2 aromatic heterocycles. The number of ketones is 1. The van der Waals surface area contributed by atoms with Crippen molar-refractivity contribution in [1.82, 2.24) is 20.1 Å². The van der Waals surface area contributed by atoms with Gasteiger partial charge in [-0.3, -0.25) is 9.48 Å². The van der Waals surface area contributed by atoms with E-state index in [1.807, 2.05) is 10.9 Å². The lowest BCUT2D eigenvalue weighted by Crippen LogP contribution is -2.29. The molecule has 3 N–H and O–H groups in total. The van der Waals surface area contributed by atoms with Crippen molar-refractivity contribution in [3.63, 3.8) is 0 Å². The molecule has 1 aliphatic heterocycles. The van der Waals surface area contributed by atoms with Crippen molar-refractivity contribution >= 4 is 11.6 Å². The van der Waals surface area contributed by atoms with Crippen LogP contribution in [0.2, 0.25) is 0 Å². The van der Waals surface area contributed by atoms with Gasteiger partial charge in [-0.1, -0.05) is 0 Å². The minimum absolute atomic E-state index is 0.178. The average molecular weight is 271 g/mol. The summed E-state index contributed by atoms with van der Waals surface area (Å²) in [5.41, 5.74) is 6.56. The molecule has 6 nitrogen and oxygen atoms in total. The molecule has 1 aliphatic rings. The summed E-state index contributed by atoms with van der Waals surface area (Å²) in [5, 5.41) is 7.72. The van der Waals surface area contributed by atoms with Crippen LogP contribution >= 0.6 is 0 Å². The van der Waals surface area contributed by atoms with Crippen LogP contribution in [0.3, 0.4) is 0 Å². The third-order valence-electron chi connectivity index (χ3n) is 3.61. The fraction of sp³-hybridized carbons (Fsp3) is 0.357. The van der Waals surface area contributed by atoms with Crippen LogP contribution < -0.4 is 11.1 Å². The lowest BCUT2D eigenvalue weighted by Gasteiger charge is -2.22. The summed E-state index contributed by atoms with van der Waals surface area (Å²) < 4.78 is 1.89. The van der Waals surface area contributed by atoms with Crippen LogP contribution in [0.1, 0.15) is 34.9 Å². The van der Waals surface area contributed by atoms with Gasteiger partial charge in [-0.2, -0.15) is 5.10 Å². The molecule has 3 rings (SSSR count). The second-order valence-corrected chi connectivity index (χ2v) is 4.93. The molecule has 0 aliphatic carbocycles. The van der Waals surface area contributed by atoms with Crippen molar-refractivity contribution in [3.8, 4) is 0 Å². The largest absolute Gasteiger partial charge is 0.383 e. The minimum Gasteiger partial charge on any atom is -0.383 e. The van der Waals surface area contributed by atoms with Crippen LogP contribution in [-0.2, 0) is 0 Å². The van der Waals surface area contributed by atoms with Gasteiger partial charge in [0.15, 0.2) is 0 Å². The zero-order valence-corrected chi connectivity index (χ0v) is 11.1. The maximum Gasteiger partial charge on any atom is 0.216 e. The van der Waals surface area contributed by atoms with E-state index >= 15 is 0 Å². The van der Waals surface area contributed by atoms with Gasteiger partial charge in [0.1, 0.15) is 11.5 Å². The number of anilines is 1. The summed E-state index contributed by atoms with van der Waals surface area (Å²) in [6.07, 6.45) is 5.50. The van der Waals surface area contributed by atoms with E-state index in [-0.39, 0.29) is 11.6 Å². The number of carbonyl (C=O) groups is 1. The Bertz CT molecular complexity index is 616. The predicted molar refractivity (Wildman–Crippen MR) is 75.4 cm³/mol. The quantitative estimate of drug-likeness (QED) is 0.814. The lowest BCUT2D eigenvalue weighted by atomic mass is 10.1. The molecule has 0 atom stereocenters. The fourth-order valence-electron chi connectivity index (χ4n) is 2.48. The normalized spacial score (nSPS) is 16.2. The zero-order valence-electron chi connectivity index (χ0n) is 11.1. The molecule has 0 aromatic carbocycles. The summed E-state index contributed by atoms with van der Waals surface area (Å²) in [6.45, 7) is 1.98. The molecule has 0 spiro atoms. The summed E-state index contributed by atoms with van der Waals surface area (Å²) >= 11 is 0. The van der Waals surface area contributed by atoms with Gasteiger partial charge in [0.05, 0.1) is 11.6 Å². The Morgan fingerprint density at radius 2 is 2.15 bits per heavy atom. The standard InChI is InChI=1S/C14H17N5O/c15-14-11(2-1-6-17-14)13(20)12-5-9-19(18-12)10-3-7-16-8-4-10/h1-2,5-6,9-10,16H,3-4,7-8H2,(H2,15,17). The molecular formula is C14H17N5O. The second-order valence-electron chi connectivity index (χ2n) is 4.93. The van der Waals surface area contributed by atoms with Gasteiger partial charge in [0, 0.05) is 12.4 Å². The topological polar surface area (TPSA) is 85.8 Å². The number of carbonyl (C=O) groups excluding carboxylic acids is 1. The smallest absolute Gasteiger partial charge is 0.216 e. The van der Waals surface area contributed by atoms with E-state index < -0.39 is 0 Å². The van der Waals surface area contributed by atoms with Gasteiger partial charge in [0.25, 0.3) is 0 Å². The Morgan fingerprint density at radius 1 is 1.35 bits per heavy atom. The summed E-state index contributed by atoms with van der Waals surface area (Å²) in [7, 11) is 0. The maximum atomic E-state index is 12.4. The van der Waals surface area contributed by atoms with Crippen LogP contribution in [0.15, 0.2) is 30.6 Å². The number of nitrogens with one attached hydrogen (secondary N) is 1. The molecule has 3 heterocycles. The fourth-order valence-corrected chi connectivity index (χ4v) is 2.48. The average Bonchev–Trinajstić information content (AvgIpc) is 2.98. The number of nitrogens with zero attached hydrogens (tertiary/aromatic N) is 3. The Hall–Kier alpha value is -2.21. The molecule has 0 unspecified atom stereocenters. The summed E-state index contributed by atoms with van der Waals surface area (Å²) in [5.74, 6) is 0.0669. The summed E-state index contributed by atoms with van der Waals surface area (Å²) in [4.78, 5) is 16.3. The SMILES string of the molecule is Nc1ncccc1C(=O)c1ccn(C2CCNCC2)n1. The molecule has 0 amide bonds. The molecule has 2 aromatic rings. The molecule has 104 valence electrons. The number of pyridine rings is 1. The van der Waals surface area contributed by atoms with Crippen LogP contribution in [0.25, 0.3) is 0 Å². The third kappa shape index (κ3) is 2.42. The number of piperidine rings is 1. The highest BCUT2D eigenvalue weighted by Gasteiger charge is 2.19. The molecular weight excluding hydrogens is 254 g/mol. The summed E-state index contributed by atoms with van der Waals surface area (Å²) in [6, 6.07) is 5.49. The third-order valence-corrected chi connectivity index (χ3v) is 3.61. The second kappa shape index (κ2) is 5.42. The van der Waals surface area contributed by atoms with E-state index in [2.05, 4.69) is 15.4 Å². The van der Waals surface area contributed by atoms with E-state index in [4.69, 9.17) is 5.73 Å². The number of nitrogen functional groups attached to an aromatic ring is 1. The highest BCUT2D eigenvalue weighted by molar-refractivity contribution is 6.10. The van der Waals surface area contributed by atoms with E-state index in [0.717, 1.165) is 25.9 Å². The van der Waals surface area contributed by atoms with Crippen LogP contribution in [-0.4, -0.2) is 33.6 Å². The minimum atomic E-state index is -0.178. The van der Waals surface area contributed by atoms with Gasteiger partial charge in [0.2, 0.25) is 5.78 Å². The van der Waals surface area contributed by atoms with Crippen molar-refractivity contribution in [2.45, 2.75) is 18.9 Å². The molecule has 0 saturated carbocycles. The van der Waals surface area contributed by atoms with E-state index in [9.17, 15) is 4.79 Å². The number of hydrogen-bond acceptors (Lipinski definition) is 5. The zero-order chi connectivity index (χ0) is 13.9. The van der Waals surface area contributed by atoms with E-state index in [1.54, 1.807) is 24.4 Å². The van der Waals surface area contributed by atoms with Crippen LogP contribution in [0.4, 0.5) is 5.82 Å². The van der Waals surface area contributed by atoms with Crippen molar-refractivity contribution < 1.29 is 4.79 Å². The highest BCUT2D eigenvalue weighted by atomic mass is 16.1. The van der Waals surface area contributed by atoms with Crippen molar-refractivity contribution in [3.05, 3.63) is 41.9 Å². The maximum absolute atomic E-state index is 12.4. The van der Waals surface area contributed by atoms with Crippen molar-refractivity contribution in [2.24, 2.45) is 0 Å². The number of nitrogens with two attached hydrogens (primary N) is 1. The Labute approximate surface area is 117 Å². The van der Waals surface area contributed by atoms with Gasteiger partial charge in [-0.15, -0.1) is 0 Å². The number of rotatable bonds is 3. The molecule has 6 heteroatoms. The molecule has 0 radical (unpaired) electrons. The molecule has 20 heavy (non-hydrogen) atoms. The van der Waals surface area contributed by atoms with Crippen molar-refractivity contribution in [1.29, 1.82) is 0 Å². The van der Waals surface area contributed by atoms with E-state index in [1.165, 1.54) is 0 Å². The first-order valence-corrected chi connectivity index (χ1v) is 6.77. The van der Waals surface area contributed by atoms with Crippen LogP contribution in [0.5, 0.6) is 0 Å². The van der Waals surface area contributed by atoms with Gasteiger partial charge in [-0.25, -0.2) is 4.98 Å².